The third-order valence-corrected chi connectivity index (χ3v) is 14.3. The molecule has 0 N–H and O–H groups in total. The van der Waals surface area contributed by atoms with Crippen LogP contribution >= 0.6 is 0 Å². The fourth-order valence-corrected chi connectivity index (χ4v) is 10.3. The lowest BCUT2D eigenvalue weighted by molar-refractivity contribution is 0.883. The van der Waals surface area contributed by atoms with Crippen LogP contribution in [0.15, 0.2) is 224 Å². The van der Waals surface area contributed by atoms with Crippen molar-refractivity contribution >= 4 is 33.9 Å². The molecule has 2 nitrogen and oxygen atoms in total. The van der Waals surface area contributed by atoms with Gasteiger partial charge in [-0.05, 0) is 195 Å². The van der Waals surface area contributed by atoms with Crippen LogP contribution in [0, 0.1) is 27.7 Å². The average molecular weight is 941 g/mol. The predicted molar refractivity (Wildman–Crippen MR) is 314 cm³/mol. The predicted octanol–water partition coefficient (Wildman–Crippen LogP) is 19.3. The highest BCUT2D eigenvalue weighted by Gasteiger charge is 2.26. The van der Waals surface area contributed by atoms with E-state index in [2.05, 4.69) is 240 Å². The summed E-state index contributed by atoms with van der Waals surface area (Å²) in [5.74, 6) is 0. The molecule has 0 bridgehead atoms. The van der Waals surface area contributed by atoms with E-state index in [1.807, 2.05) is 38.1 Å². The van der Waals surface area contributed by atoms with E-state index in [1.165, 1.54) is 117 Å². The van der Waals surface area contributed by atoms with E-state index < -0.39 is 0 Å². The highest BCUT2D eigenvalue weighted by Crippen LogP contribution is 2.44. The van der Waals surface area contributed by atoms with Crippen molar-refractivity contribution in [2.75, 3.05) is 4.90 Å². The molecule has 3 aliphatic carbocycles. The van der Waals surface area contributed by atoms with Crippen molar-refractivity contribution in [2.45, 2.75) is 93.9 Å². The number of allylic oxidation sites excluding steroid dienone is 10. The lowest BCUT2D eigenvalue weighted by Gasteiger charge is -2.30. The Morgan fingerprint density at radius 3 is 1.99 bits per heavy atom. The van der Waals surface area contributed by atoms with Crippen molar-refractivity contribution in [1.29, 1.82) is 0 Å². The minimum Gasteiger partial charge on any atom is -0.314 e. The first-order valence-corrected chi connectivity index (χ1v) is 26.2. The Kier molecular flexibility index (Phi) is 16.9. The van der Waals surface area contributed by atoms with Crippen LogP contribution in [0.4, 0.5) is 11.4 Å². The fourth-order valence-electron chi connectivity index (χ4n) is 10.3. The van der Waals surface area contributed by atoms with Gasteiger partial charge < -0.3 is 9.47 Å². The first kappa shape index (κ1) is 50.7. The Hall–Kier alpha value is -7.68. The number of fused-ring (bicyclic) bond motifs is 6. The molecule has 0 aliphatic heterocycles. The van der Waals surface area contributed by atoms with E-state index in [-0.39, 0.29) is 0 Å². The van der Waals surface area contributed by atoms with Crippen molar-refractivity contribution in [2.24, 2.45) is 0 Å². The molecule has 0 fully saturated rings. The van der Waals surface area contributed by atoms with Gasteiger partial charge in [-0.15, -0.1) is 0 Å². The normalized spacial score (nSPS) is 13.4. The van der Waals surface area contributed by atoms with E-state index in [9.17, 15) is 0 Å². The van der Waals surface area contributed by atoms with E-state index in [1.54, 1.807) is 0 Å². The maximum absolute atomic E-state index is 4.11. The van der Waals surface area contributed by atoms with Gasteiger partial charge in [0.2, 0.25) is 0 Å². The SMILES string of the molecule is C=C/C(=C\C=C/C)C1=CC=C(N(c2ccc(C)c(C)c2)c2ccc3c4c(n(-c5ccccc5)c3c2)CCC(c2ccc3c(c2)-c2ccccc2C3)=C4)CC1.CC.CCc1ccccc1C.Cc1ccccc1. The van der Waals surface area contributed by atoms with Crippen LogP contribution in [0.2, 0.25) is 0 Å². The fraction of sp³-hybridized carbons (Fsp3) is 0.200. The van der Waals surface area contributed by atoms with Gasteiger partial charge in [-0.25, -0.2) is 0 Å². The molecule has 3 aliphatic rings. The Morgan fingerprint density at radius 1 is 0.625 bits per heavy atom. The quantitative estimate of drug-likeness (QED) is 0.131. The molecular weight excluding hydrogens is 869 g/mol. The molecule has 8 aromatic rings. The van der Waals surface area contributed by atoms with Crippen LogP contribution in [0.3, 0.4) is 0 Å². The minimum absolute atomic E-state index is 0.936. The number of hydrogen-bond acceptors (Lipinski definition) is 1. The second-order valence-corrected chi connectivity index (χ2v) is 18.8. The summed E-state index contributed by atoms with van der Waals surface area (Å²) in [5, 5.41) is 1.30. The molecule has 0 radical (unpaired) electrons. The van der Waals surface area contributed by atoms with Crippen LogP contribution in [0.1, 0.15) is 103 Å². The van der Waals surface area contributed by atoms with Crippen molar-refractivity contribution < 1.29 is 0 Å². The van der Waals surface area contributed by atoms with Crippen molar-refractivity contribution in [3.8, 4) is 16.8 Å². The summed E-state index contributed by atoms with van der Waals surface area (Å²) >= 11 is 0. The van der Waals surface area contributed by atoms with Gasteiger partial charge >= 0.3 is 0 Å². The lowest BCUT2D eigenvalue weighted by Crippen LogP contribution is -2.18. The van der Waals surface area contributed by atoms with Crippen LogP contribution < -0.4 is 4.90 Å². The third kappa shape index (κ3) is 11.3. The van der Waals surface area contributed by atoms with Gasteiger partial charge in [0.25, 0.3) is 0 Å². The van der Waals surface area contributed by atoms with Crippen LogP contribution in [-0.2, 0) is 19.3 Å². The number of para-hydroxylation sites is 1. The summed E-state index contributed by atoms with van der Waals surface area (Å²) in [6, 6.07) is 59.7. The number of benzene rings is 7. The van der Waals surface area contributed by atoms with Gasteiger partial charge in [-0.2, -0.15) is 0 Å². The molecule has 72 heavy (non-hydrogen) atoms. The summed E-state index contributed by atoms with van der Waals surface area (Å²) in [6.45, 7) is 21.0. The number of aromatic nitrogens is 1. The maximum Gasteiger partial charge on any atom is 0.0558 e. The highest BCUT2D eigenvalue weighted by atomic mass is 15.2. The zero-order chi connectivity index (χ0) is 50.6. The zero-order valence-corrected chi connectivity index (χ0v) is 44.0. The van der Waals surface area contributed by atoms with E-state index in [0.29, 0.717) is 0 Å². The van der Waals surface area contributed by atoms with Crippen LogP contribution in [0.5, 0.6) is 0 Å². The van der Waals surface area contributed by atoms with E-state index in [0.717, 1.165) is 38.5 Å². The zero-order valence-electron chi connectivity index (χ0n) is 44.0. The van der Waals surface area contributed by atoms with Gasteiger partial charge in [-0.1, -0.05) is 185 Å². The maximum atomic E-state index is 4.11. The number of nitrogens with zero attached hydrogens (tertiary/aromatic N) is 2. The molecule has 0 saturated heterocycles. The molecule has 11 rings (SSSR count). The highest BCUT2D eigenvalue weighted by molar-refractivity contribution is 6.01. The lowest BCUT2D eigenvalue weighted by atomic mass is 9.89. The standard InChI is InChI=1S/C52H46N2.C9H12.C7H8.C2H6/c1-5-7-13-37(6-2)38-21-25-44(26-22-38)53(45-24-18-35(3)36(4)30-45)46-27-28-48-50-33-40(23-29-51(50)54(52(48)34-46)43-15-9-8-10-16-43)39-19-20-42-31-41-14-11-12-17-47(41)49(42)32-39;1-3-9-7-5-4-6-8(9)2;1-7-5-3-2-4-6-7;1-2/h5-21,24-25,27-28,30,32-34H,2,22-23,26,29,31H2,1,3-4H3;4-7H,3H2,1-2H3;2-6H,1H3;1-2H3/b7-5-,37-13+;;;. The number of rotatable bonds is 9. The molecule has 0 spiro atoms. The molecule has 0 saturated carbocycles. The number of anilines is 2. The number of hydrogen-bond donors (Lipinski definition) is 0. The Morgan fingerprint density at radius 2 is 1.32 bits per heavy atom. The minimum atomic E-state index is 0.936. The summed E-state index contributed by atoms with van der Waals surface area (Å²) < 4.78 is 2.52. The molecule has 1 aromatic heterocycles. The smallest absolute Gasteiger partial charge is 0.0558 e. The van der Waals surface area contributed by atoms with Gasteiger partial charge in [0, 0.05) is 39.4 Å². The van der Waals surface area contributed by atoms with Gasteiger partial charge in [0.05, 0.1) is 5.52 Å². The molecule has 0 amide bonds. The second kappa shape index (κ2) is 24.0. The summed E-state index contributed by atoms with van der Waals surface area (Å²) in [7, 11) is 0. The second-order valence-electron chi connectivity index (χ2n) is 18.8. The third-order valence-electron chi connectivity index (χ3n) is 14.3. The van der Waals surface area contributed by atoms with Gasteiger partial charge in [0.1, 0.15) is 0 Å². The van der Waals surface area contributed by atoms with Gasteiger partial charge in [0.15, 0.2) is 0 Å². The molecule has 1 heterocycles. The Labute approximate surface area is 431 Å². The van der Waals surface area contributed by atoms with Crippen LogP contribution in [0.25, 0.3) is 39.4 Å². The van der Waals surface area contributed by atoms with E-state index >= 15 is 0 Å². The average Bonchev–Trinajstić information content (AvgIpc) is 3.96. The summed E-state index contributed by atoms with van der Waals surface area (Å²) in [5.41, 5.74) is 26.5. The Bertz CT molecular complexity index is 3330. The monoisotopic (exact) mass is 941 g/mol. The first-order valence-electron chi connectivity index (χ1n) is 26.2. The summed E-state index contributed by atoms with van der Waals surface area (Å²) in [4.78, 5) is 2.48. The summed E-state index contributed by atoms with van der Waals surface area (Å²) in [6.07, 6.45) is 21.5. The number of aryl methyl sites for hydroxylation is 5. The molecule has 7 aromatic carbocycles. The molecule has 0 unspecified atom stereocenters. The topological polar surface area (TPSA) is 8.17 Å². The molecule has 0 atom stereocenters. The van der Waals surface area contributed by atoms with Crippen molar-refractivity contribution in [3.05, 3.63) is 279 Å². The van der Waals surface area contributed by atoms with E-state index in [4.69, 9.17) is 0 Å². The Balaban J connectivity index is 0.000000326. The largest absolute Gasteiger partial charge is 0.314 e. The van der Waals surface area contributed by atoms with Gasteiger partial charge in [-0.3, -0.25) is 0 Å². The van der Waals surface area contributed by atoms with Crippen molar-refractivity contribution in [3.63, 3.8) is 0 Å². The molecule has 362 valence electrons. The molecule has 2 heteroatoms. The first-order chi connectivity index (χ1) is 35.2. The molecular formula is C70H72N2. The van der Waals surface area contributed by atoms with Crippen LogP contribution in [-0.4, -0.2) is 4.57 Å². The van der Waals surface area contributed by atoms with Crippen molar-refractivity contribution in [1.82, 2.24) is 4.57 Å².